The fraction of sp³-hybridized carbons (Fsp3) is 0.500. The van der Waals surface area contributed by atoms with Crippen LogP contribution in [0.4, 0.5) is 10.8 Å². The third-order valence-electron chi connectivity index (χ3n) is 11.8. The van der Waals surface area contributed by atoms with E-state index in [0.29, 0.717) is 17.2 Å². The van der Waals surface area contributed by atoms with Crippen LogP contribution in [-0.2, 0) is 14.1 Å². The summed E-state index contributed by atoms with van der Waals surface area (Å²) in [5.74, 6) is 1.24. The second-order valence-corrected chi connectivity index (χ2v) is 19.6. The molecule has 2 aliphatic heterocycles. The Hall–Kier alpha value is -5.41. The molecule has 0 atom stereocenters. The number of anilines is 2. The van der Waals surface area contributed by atoms with Crippen molar-refractivity contribution in [3.63, 3.8) is 0 Å². The first-order valence-electron chi connectivity index (χ1n) is 22.6. The van der Waals surface area contributed by atoms with Crippen LogP contribution in [0, 0.1) is 22.7 Å². The first-order valence-corrected chi connectivity index (χ1v) is 24.8. The molecule has 1 aliphatic carbocycles. The van der Waals surface area contributed by atoms with Crippen LogP contribution in [0.2, 0.25) is 0 Å². The third kappa shape index (κ3) is 13.0. The molecule has 19 heteroatoms. The van der Waals surface area contributed by atoms with Gasteiger partial charge in [-0.25, -0.2) is 9.03 Å². The van der Waals surface area contributed by atoms with Crippen LogP contribution in [0.3, 0.4) is 0 Å². The number of fused-ring (bicyclic) bond motifs is 2. The van der Waals surface area contributed by atoms with E-state index in [1.165, 1.54) is 25.0 Å². The molecule has 16 nitrogen and oxygen atoms in total. The van der Waals surface area contributed by atoms with E-state index in [9.17, 15) is 5.26 Å². The van der Waals surface area contributed by atoms with Gasteiger partial charge in [0.05, 0.1) is 68.3 Å². The molecule has 0 bridgehead atoms. The van der Waals surface area contributed by atoms with Crippen LogP contribution >= 0.6 is 23.1 Å². The number of aliphatic hydroxyl groups excluding tert-OH is 1. The van der Waals surface area contributed by atoms with Crippen LogP contribution in [0.15, 0.2) is 61.1 Å². The molecular weight excluding hydrogens is 884 g/mol. The molecule has 1 saturated carbocycles. The summed E-state index contributed by atoms with van der Waals surface area (Å²) in [7, 11) is 0.544. The van der Waals surface area contributed by atoms with E-state index >= 15 is 0 Å². The second-order valence-electron chi connectivity index (χ2n) is 17.4. The van der Waals surface area contributed by atoms with Crippen LogP contribution in [0.5, 0.6) is 0 Å². The van der Waals surface area contributed by atoms with E-state index in [1.807, 2.05) is 101 Å². The van der Waals surface area contributed by atoms with Gasteiger partial charge in [-0.05, 0) is 122 Å². The quantitative estimate of drug-likeness (QED) is 0.146. The number of rotatable bonds is 7. The molecule has 3 aliphatic rings. The molecule has 6 aromatic heterocycles. The minimum Gasteiger partial charge on any atom is -0.400 e. The zero-order chi connectivity index (χ0) is 49.5. The molecule has 2 saturated heterocycles. The summed E-state index contributed by atoms with van der Waals surface area (Å²) in [5.41, 5.74) is 6.78. The SMILES string of the molecule is C=O.CC.CC(C)(C)N1CCN(c2nnc(-c3cnc(-c4ccc5cc(C#N)cnn45)cc3NC3CCC3)s2)CC1.CC1(C)OB(c2ccc3cc(C#N)cnn23)OC1(C)C.CCSC.CO. The third-order valence-corrected chi connectivity index (χ3v) is 13.4. The Morgan fingerprint density at radius 2 is 1.43 bits per heavy atom. The first kappa shape index (κ1) is 54.2. The highest BCUT2D eigenvalue weighted by molar-refractivity contribution is 7.98. The van der Waals surface area contributed by atoms with Crippen molar-refractivity contribution in [3.05, 3.63) is 72.2 Å². The van der Waals surface area contributed by atoms with Crippen molar-refractivity contribution in [1.82, 2.24) is 39.3 Å². The van der Waals surface area contributed by atoms with Gasteiger partial charge in [0.25, 0.3) is 0 Å². The zero-order valence-electron chi connectivity index (χ0n) is 41.2. The van der Waals surface area contributed by atoms with Crippen LogP contribution < -0.4 is 15.8 Å². The molecule has 358 valence electrons. The van der Waals surface area contributed by atoms with E-state index in [-0.39, 0.29) is 16.7 Å². The lowest BCUT2D eigenvalue weighted by atomic mass is 9.85. The Morgan fingerprint density at radius 1 is 0.881 bits per heavy atom. The molecule has 0 spiro atoms. The van der Waals surface area contributed by atoms with Gasteiger partial charge < -0.3 is 29.4 Å². The van der Waals surface area contributed by atoms with Gasteiger partial charge in [-0.3, -0.25) is 9.88 Å². The van der Waals surface area contributed by atoms with Gasteiger partial charge in [-0.15, -0.1) is 10.2 Å². The van der Waals surface area contributed by atoms with Gasteiger partial charge >= 0.3 is 7.12 Å². The Bertz CT molecular complexity index is 2560. The average molecular weight is 951 g/mol. The van der Waals surface area contributed by atoms with Crippen LogP contribution in [-0.4, -0.2) is 126 Å². The molecule has 0 amide bonds. The number of nitrogens with one attached hydrogen (secondary N) is 1. The number of nitriles is 2. The van der Waals surface area contributed by atoms with E-state index in [4.69, 9.17) is 29.5 Å². The lowest BCUT2D eigenvalue weighted by molar-refractivity contribution is -0.0980. The molecule has 0 unspecified atom stereocenters. The minimum atomic E-state index is -0.456. The molecule has 2 N–H and O–H groups in total. The fourth-order valence-electron chi connectivity index (χ4n) is 7.16. The monoisotopic (exact) mass is 950 g/mol. The van der Waals surface area contributed by atoms with E-state index in [2.05, 4.69) is 87.7 Å². The van der Waals surface area contributed by atoms with E-state index < -0.39 is 7.12 Å². The first-order chi connectivity index (χ1) is 32.1. The zero-order valence-corrected chi connectivity index (χ0v) is 42.8. The van der Waals surface area contributed by atoms with Crippen molar-refractivity contribution in [2.75, 3.05) is 55.5 Å². The van der Waals surface area contributed by atoms with Crippen molar-refractivity contribution in [2.24, 2.45) is 0 Å². The van der Waals surface area contributed by atoms with Gasteiger partial charge in [0.1, 0.15) is 18.9 Å². The number of aromatic nitrogens is 7. The number of piperazine rings is 1. The number of hydrogen-bond acceptors (Lipinski definition) is 16. The molecule has 0 aromatic carbocycles. The summed E-state index contributed by atoms with van der Waals surface area (Å²) in [6.07, 6.45) is 10.7. The summed E-state index contributed by atoms with van der Waals surface area (Å²) in [5, 5.41) is 48.6. The average Bonchev–Trinajstić information content (AvgIpc) is 4.14. The molecule has 3 fully saturated rings. The Balaban J connectivity index is 0.000000275. The van der Waals surface area contributed by atoms with Crippen molar-refractivity contribution < 1.29 is 19.2 Å². The number of aliphatic hydroxyl groups is 1. The molecule has 8 heterocycles. The van der Waals surface area contributed by atoms with Crippen LogP contribution in [0.1, 0.15) is 99.6 Å². The summed E-state index contributed by atoms with van der Waals surface area (Å²) in [6.45, 7) is 27.0. The minimum absolute atomic E-state index is 0.187. The maximum Gasteiger partial charge on any atom is 0.514 e. The van der Waals surface area contributed by atoms with Crippen molar-refractivity contribution in [2.45, 2.75) is 111 Å². The maximum atomic E-state index is 9.20. The molecule has 0 radical (unpaired) electrons. The summed E-state index contributed by atoms with van der Waals surface area (Å²) < 4.78 is 15.6. The van der Waals surface area contributed by atoms with E-state index in [0.717, 1.165) is 82.7 Å². The lowest BCUT2D eigenvalue weighted by Gasteiger charge is -2.42. The predicted octanol–water partition coefficient (Wildman–Crippen LogP) is 8.00. The highest BCUT2D eigenvalue weighted by Crippen LogP contribution is 2.38. The van der Waals surface area contributed by atoms with E-state index in [1.54, 1.807) is 34.3 Å². The molecule has 9 rings (SSSR count). The molecule has 67 heavy (non-hydrogen) atoms. The fourth-order valence-corrected chi connectivity index (χ4v) is 8.08. The summed E-state index contributed by atoms with van der Waals surface area (Å²) in [6, 6.07) is 18.2. The summed E-state index contributed by atoms with van der Waals surface area (Å²) in [4.78, 5) is 17.7. The Kier molecular flexibility index (Phi) is 19.9. The highest BCUT2D eigenvalue weighted by atomic mass is 32.2. The predicted molar refractivity (Wildman–Crippen MR) is 273 cm³/mol. The Morgan fingerprint density at radius 3 is 1.96 bits per heavy atom. The summed E-state index contributed by atoms with van der Waals surface area (Å²) >= 11 is 3.49. The van der Waals surface area contributed by atoms with Crippen LogP contribution in [0.25, 0.3) is 33.0 Å². The molecular formula is C48H67BN12O4S2. The standard InChI is InChI=1S/C27H31N9S.C14H16BN3O2.C3H8S.C2H6.CH4O.CH2O/c1-27(2,3)35-11-9-34(10-12-35)26-33-32-25(37-26)21-17-29-23(14-22(21)31-19-5-4-6-19)24-8-7-20-13-18(15-28)16-30-36(20)24;1-13(2)14(3,4)20-15(19-13)12-6-5-11-7-10(8-16)9-17-18(11)12;1-3-4-2;3*1-2/h7-8,13-14,16-17,19H,4-6,9-12H2,1-3H3,(H,29,31);5-7,9H,1-4H3;3H2,1-2H3;1-2H3;2H,1H3;1H2. The Labute approximate surface area is 404 Å². The molecule has 6 aromatic rings. The smallest absolute Gasteiger partial charge is 0.400 e. The van der Waals surface area contributed by atoms with Gasteiger partial charge in [-0.1, -0.05) is 32.1 Å². The van der Waals surface area contributed by atoms with Gasteiger partial charge in [0, 0.05) is 56.8 Å². The highest BCUT2D eigenvalue weighted by Gasteiger charge is 2.52. The number of carbonyl (C=O) groups excluding carboxylic acids is 1. The van der Waals surface area contributed by atoms with Gasteiger partial charge in [0.15, 0.2) is 5.01 Å². The largest absolute Gasteiger partial charge is 0.514 e. The van der Waals surface area contributed by atoms with Crippen molar-refractivity contribution in [1.29, 1.82) is 10.5 Å². The van der Waals surface area contributed by atoms with Crippen molar-refractivity contribution >= 4 is 64.5 Å². The number of pyridine rings is 1. The number of hydrogen-bond donors (Lipinski definition) is 2. The number of nitrogens with zero attached hydrogens (tertiary/aromatic N) is 11. The van der Waals surface area contributed by atoms with Gasteiger partial charge in [0.2, 0.25) is 5.13 Å². The lowest BCUT2D eigenvalue weighted by Crippen LogP contribution is -2.53. The number of thioether (sulfide) groups is 1. The topological polar surface area (TPSA) is 195 Å². The normalized spacial score (nSPS) is 16.2. The number of carbonyl (C=O) groups is 1. The van der Waals surface area contributed by atoms with Gasteiger partial charge in [-0.2, -0.15) is 32.5 Å². The van der Waals surface area contributed by atoms with Crippen molar-refractivity contribution in [3.8, 4) is 34.1 Å². The maximum absolute atomic E-state index is 9.20. The second kappa shape index (κ2) is 24.6.